The van der Waals surface area contributed by atoms with E-state index in [1.54, 1.807) is 31.4 Å². The van der Waals surface area contributed by atoms with Crippen molar-refractivity contribution in [1.82, 2.24) is 10.2 Å². The van der Waals surface area contributed by atoms with Crippen molar-refractivity contribution in [2.24, 2.45) is 0 Å². The normalized spacial score (nSPS) is 15.2. The number of nitrogens with one attached hydrogen (secondary N) is 1. The number of nitrogens with zero attached hydrogens (tertiary/aromatic N) is 2. The smallest absolute Gasteiger partial charge is 0.251 e. The predicted octanol–water partition coefficient (Wildman–Crippen LogP) is 3.13. The number of carbonyl (C=O) groups is 1. The molecule has 0 radical (unpaired) electrons. The Bertz CT molecular complexity index is 790. The fourth-order valence-corrected chi connectivity index (χ4v) is 3.35. The third-order valence-electron chi connectivity index (χ3n) is 4.79. The summed E-state index contributed by atoms with van der Waals surface area (Å²) in [5, 5.41) is 11.9. The summed E-state index contributed by atoms with van der Waals surface area (Å²) in [6.45, 7) is 2.61. The van der Waals surface area contributed by atoms with E-state index in [2.05, 4.69) is 22.4 Å². The second-order valence-corrected chi connectivity index (χ2v) is 6.43. The van der Waals surface area contributed by atoms with Gasteiger partial charge < -0.3 is 10.1 Å². The third-order valence-corrected chi connectivity index (χ3v) is 4.79. The lowest BCUT2D eigenvalue weighted by Crippen LogP contribution is -2.36. The van der Waals surface area contributed by atoms with Gasteiger partial charge in [0, 0.05) is 12.1 Å². The van der Waals surface area contributed by atoms with E-state index < -0.39 is 0 Å². The summed E-state index contributed by atoms with van der Waals surface area (Å²) in [7, 11) is 1.66. The number of methoxy groups -OCH3 is 1. The standard InChI is InChI=1S/C21H23N3O2/c1-26-19-6-4-5-18(13-19)20(24-11-2-3-12-24)15-23-21(25)17-9-7-16(14-22)8-10-17/h4-10,13,20H,2-3,11-12,15H2,1H3,(H,23,25)/t20-/m1/s1. The van der Waals surface area contributed by atoms with E-state index in [4.69, 9.17) is 10.00 Å². The number of hydrogen-bond acceptors (Lipinski definition) is 4. The highest BCUT2D eigenvalue weighted by atomic mass is 16.5. The van der Waals surface area contributed by atoms with Crippen LogP contribution >= 0.6 is 0 Å². The van der Waals surface area contributed by atoms with Crippen LogP contribution in [0.3, 0.4) is 0 Å². The molecule has 2 aromatic rings. The van der Waals surface area contributed by atoms with Crippen LogP contribution in [0.25, 0.3) is 0 Å². The summed E-state index contributed by atoms with van der Waals surface area (Å²) < 4.78 is 5.35. The van der Waals surface area contributed by atoms with Gasteiger partial charge >= 0.3 is 0 Å². The molecule has 1 atom stereocenters. The minimum Gasteiger partial charge on any atom is -0.497 e. The van der Waals surface area contributed by atoms with Crippen molar-refractivity contribution >= 4 is 5.91 Å². The molecule has 1 fully saturated rings. The highest BCUT2D eigenvalue weighted by molar-refractivity contribution is 5.94. The molecule has 1 aliphatic heterocycles. The Morgan fingerprint density at radius 3 is 2.62 bits per heavy atom. The van der Waals surface area contributed by atoms with Gasteiger partial charge in [-0.2, -0.15) is 5.26 Å². The Morgan fingerprint density at radius 2 is 1.96 bits per heavy atom. The lowest BCUT2D eigenvalue weighted by Gasteiger charge is -2.28. The molecule has 134 valence electrons. The van der Waals surface area contributed by atoms with Gasteiger partial charge in [0.05, 0.1) is 24.8 Å². The molecular weight excluding hydrogens is 326 g/mol. The first kappa shape index (κ1) is 18.0. The SMILES string of the molecule is COc1cccc([C@@H](CNC(=O)c2ccc(C#N)cc2)N2CCCC2)c1. The van der Waals surface area contributed by atoms with Crippen molar-refractivity contribution in [1.29, 1.82) is 5.26 Å². The monoisotopic (exact) mass is 349 g/mol. The molecule has 0 bridgehead atoms. The molecule has 1 heterocycles. The van der Waals surface area contributed by atoms with Crippen LogP contribution in [0.4, 0.5) is 0 Å². The second kappa shape index (κ2) is 8.50. The van der Waals surface area contributed by atoms with Crippen LogP contribution in [-0.2, 0) is 0 Å². The van der Waals surface area contributed by atoms with Crippen LogP contribution in [0.5, 0.6) is 5.75 Å². The first-order valence-corrected chi connectivity index (χ1v) is 8.87. The molecule has 0 spiro atoms. The van der Waals surface area contributed by atoms with Crippen molar-refractivity contribution in [3.63, 3.8) is 0 Å². The summed E-state index contributed by atoms with van der Waals surface area (Å²) >= 11 is 0. The van der Waals surface area contributed by atoms with Gasteiger partial charge in [-0.1, -0.05) is 12.1 Å². The van der Waals surface area contributed by atoms with Gasteiger partial charge in [0.1, 0.15) is 5.75 Å². The van der Waals surface area contributed by atoms with Crippen molar-refractivity contribution < 1.29 is 9.53 Å². The number of amides is 1. The lowest BCUT2D eigenvalue weighted by molar-refractivity contribution is 0.0938. The Morgan fingerprint density at radius 1 is 1.23 bits per heavy atom. The van der Waals surface area contributed by atoms with Gasteiger partial charge in [-0.15, -0.1) is 0 Å². The quantitative estimate of drug-likeness (QED) is 0.870. The number of carbonyl (C=O) groups excluding carboxylic acids is 1. The van der Waals surface area contributed by atoms with Crippen LogP contribution in [0.2, 0.25) is 0 Å². The maximum absolute atomic E-state index is 12.5. The van der Waals surface area contributed by atoms with E-state index in [1.165, 1.54) is 12.8 Å². The second-order valence-electron chi connectivity index (χ2n) is 6.43. The zero-order valence-corrected chi connectivity index (χ0v) is 14.9. The van der Waals surface area contributed by atoms with E-state index in [9.17, 15) is 4.79 Å². The zero-order chi connectivity index (χ0) is 18.4. The molecule has 3 rings (SSSR count). The molecule has 1 amide bonds. The largest absolute Gasteiger partial charge is 0.497 e. The number of rotatable bonds is 6. The van der Waals surface area contributed by atoms with Crippen LogP contribution in [0.1, 0.15) is 40.4 Å². The Labute approximate surface area is 154 Å². The minimum absolute atomic E-state index is 0.120. The van der Waals surface area contributed by atoms with Crippen molar-refractivity contribution in [3.8, 4) is 11.8 Å². The van der Waals surface area contributed by atoms with Gasteiger partial charge in [-0.3, -0.25) is 9.69 Å². The first-order valence-electron chi connectivity index (χ1n) is 8.87. The number of likely N-dealkylation sites (tertiary alicyclic amines) is 1. The Balaban J connectivity index is 1.73. The van der Waals surface area contributed by atoms with Crippen LogP contribution in [-0.4, -0.2) is 37.6 Å². The Hall–Kier alpha value is -2.84. The van der Waals surface area contributed by atoms with Crippen molar-refractivity contribution in [2.75, 3.05) is 26.7 Å². The summed E-state index contributed by atoms with van der Waals surface area (Å²) in [4.78, 5) is 14.9. The van der Waals surface area contributed by atoms with Crippen molar-refractivity contribution in [2.45, 2.75) is 18.9 Å². The molecule has 5 heteroatoms. The molecule has 1 N–H and O–H groups in total. The van der Waals surface area contributed by atoms with Gasteiger partial charge in [-0.05, 0) is 67.9 Å². The van der Waals surface area contributed by atoms with E-state index in [1.807, 2.05) is 18.2 Å². The zero-order valence-electron chi connectivity index (χ0n) is 14.9. The number of hydrogen-bond donors (Lipinski definition) is 1. The van der Waals surface area contributed by atoms with Crippen LogP contribution < -0.4 is 10.1 Å². The fourth-order valence-electron chi connectivity index (χ4n) is 3.35. The summed E-state index contributed by atoms with van der Waals surface area (Å²) in [6, 6.07) is 16.9. The van der Waals surface area contributed by atoms with Gasteiger partial charge in [0.2, 0.25) is 0 Å². The third kappa shape index (κ3) is 4.22. The highest BCUT2D eigenvalue weighted by Crippen LogP contribution is 2.27. The molecule has 1 aliphatic rings. The average Bonchev–Trinajstić information content (AvgIpc) is 3.22. The number of ether oxygens (including phenoxy) is 1. The lowest BCUT2D eigenvalue weighted by atomic mass is 10.0. The number of nitriles is 1. The summed E-state index contributed by atoms with van der Waals surface area (Å²) in [5.74, 6) is 0.701. The first-order chi connectivity index (χ1) is 12.7. The van der Waals surface area contributed by atoms with Gasteiger partial charge in [0.15, 0.2) is 0 Å². The van der Waals surface area contributed by atoms with E-state index >= 15 is 0 Å². The predicted molar refractivity (Wildman–Crippen MR) is 100 cm³/mol. The molecule has 2 aromatic carbocycles. The average molecular weight is 349 g/mol. The van der Waals surface area contributed by atoms with Crippen molar-refractivity contribution in [3.05, 3.63) is 65.2 Å². The molecule has 0 saturated carbocycles. The van der Waals surface area contributed by atoms with Gasteiger partial charge in [-0.25, -0.2) is 0 Å². The summed E-state index contributed by atoms with van der Waals surface area (Å²) in [6.07, 6.45) is 2.37. The molecular formula is C21H23N3O2. The van der Waals surface area contributed by atoms with E-state index in [0.29, 0.717) is 17.7 Å². The highest BCUT2D eigenvalue weighted by Gasteiger charge is 2.24. The minimum atomic E-state index is -0.124. The van der Waals surface area contributed by atoms with Gasteiger partial charge in [0.25, 0.3) is 5.91 Å². The molecule has 5 nitrogen and oxygen atoms in total. The van der Waals surface area contributed by atoms with E-state index in [-0.39, 0.29) is 11.9 Å². The van der Waals surface area contributed by atoms with Crippen LogP contribution in [0.15, 0.2) is 48.5 Å². The maximum atomic E-state index is 12.5. The Kier molecular flexibility index (Phi) is 5.88. The topological polar surface area (TPSA) is 65.4 Å². The summed E-state index contributed by atoms with van der Waals surface area (Å²) in [5.41, 5.74) is 2.26. The molecule has 0 aromatic heterocycles. The van der Waals surface area contributed by atoms with E-state index in [0.717, 1.165) is 24.4 Å². The van der Waals surface area contributed by atoms with Crippen LogP contribution in [0, 0.1) is 11.3 Å². The fraction of sp³-hybridized carbons (Fsp3) is 0.333. The molecule has 0 unspecified atom stereocenters. The number of benzene rings is 2. The maximum Gasteiger partial charge on any atom is 0.251 e. The molecule has 0 aliphatic carbocycles. The molecule has 26 heavy (non-hydrogen) atoms. The molecule has 1 saturated heterocycles.